The minimum atomic E-state index is -6.90. The summed E-state index contributed by atoms with van der Waals surface area (Å²) in [6.45, 7) is 0.644. The fourth-order valence-electron chi connectivity index (χ4n) is 2.92. The van der Waals surface area contributed by atoms with Gasteiger partial charge in [0, 0.05) is 0 Å². The summed E-state index contributed by atoms with van der Waals surface area (Å²) in [5.41, 5.74) is -9.44. The van der Waals surface area contributed by atoms with Crippen molar-refractivity contribution in [3.63, 3.8) is 0 Å². The number of carbonyl (C=O) groups is 1. The Kier molecular flexibility index (Phi) is 6.68. The van der Waals surface area contributed by atoms with Gasteiger partial charge in [-0.2, -0.15) is 57.1 Å². The van der Waals surface area contributed by atoms with Crippen molar-refractivity contribution in [2.75, 3.05) is 0 Å². The van der Waals surface area contributed by atoms with E-state index in [4.69, 9.17) is 0 Å². The first-order chi connectivity index (χ1) is 13.8. The summed E-state index contributed by atoms with van der Waals surface area (Å²) in [6.07, 6.45) is -28.0. The van der Waals surface area contributed by atoms with Crippen LogP contribution in [0.1, 0.15) is 33.6 Å². The Labute approximate surface area is 170 Å². The predicted molar refractivity (Wildman–Crippen MR) is 75.4 cm³/mol. The Morgan fingerprint density at radius 1 is 0.969 bits per heavy atom. The molecule has 0 saturated carbocycles. The van der Waals surface area contributed by atoms with Crippen molar-refractivity contribution in [2.24, 2.45) is 5.41 Å². The van der Waals surface area contributed by atoms with Crippen LogP contribution in [0.5, 0.6) is 0 Å². The van der Waals surface area contributed by atoms with Crippen molar-refractivity contribution in [3.8, 4) is 0 Å². The van der Waals surface area contributed by atoms with E-state index in [9.17, 15) is 67.0 Å². The molecule has 4 nitrogen and oxygen atoms in total. The molecule has 1 heterocycles. The van der Waals surface area contributed by atoms with E-state index in [2.05, 4.69) is 9.47 Å². The number of ether oxygens (including phenoxy) is 2. The van der Waals surface area contributed by atoms with E-state index in [0.717, 1.165) is 0 Å². The van der Waals surface area contributed by atoms with E-state index < -0.39 is 72.1 Å². The molecule has 0 aromatic rings. The summed E-state index contributed by atoms with van der Waals surface area (Å²) in [7, 11) is 0. The number of alkyl halides is 13. The second-order valence-electron chi connectivity index (χ2n) is 7.13. The lowest BCUT2D eigenvalue weighted by molar-refractivity contribution is -0.533. The molecule has 190 valence electrons. The number of hydrogen-bond acceptors (Lipinski definition) is 4. The van der Waals surface area contributed by atoms with Gasteiger partial charge in [-0.15, -0.1) is 0 Å². The van der Waals surface area contributed by atoms with Gasteiger partial charge in [0.15, 0.2) is 5.41 Å². The van der Waals surface area contributed by atoms with Gasteiger partial charge in [-0.05, 0) is 19.8 Å². The van der Waals surface area contributed by atoms with Crippen molar-refractivity contribution in [3.05, 3.63) is 0 Å². The molecule has 1 N–H and O–H groups in total. The number of esters is 1. The topological polar surface area (TPSA) is 55.8 Å². The average Bonchev–Trinajstić information content (AvgIpc) is 2.58. The number of rotatable bonds is 4. The van der Waals surface area contributed by atoms with Crippen LogP contribution in [0.15, 0.2) is 0 Å². The van der Waals surface area contributed by atoms with E-state index in [1.165, 1.54) is 0 Å². The summed E-state index contributed by atoms with van der Waals surface area (Å²) >= 11 is 0. The summed E-state index contributed by atoms with van der Waals surface area (Å²) in [6, 6.07) is 0. The first-order valence-electron chi connectivity index (χ1n) is 8.43. The highest BCUT2D eigenvalue weighted by Gasteiger charge is 2.92. The Balaban J connectivity index is 3.96. The Morgan fingerprint density at radius 3 is 1.69 bits per heavy atom. The van der Waals surface area contributed by atoms with Crippen molar-refractivity contribution in [1.29, 1.82) is 0 Å². The molecule has 17 heteroatoms. The lowest BCUT2D eigenvalue weighted by Crippen LogP contribution is -2.84. The van der Waals surface area contributed by atoms with Crippen molar-refractivity contribution < 1.29 is 76.5 Å². The number of carbonyl (C=O) groups excluding carboxylic acids is 1. The van der Waals surface area contributed by atoms with E-state index in [0.29, 0.717) is 6.92 Å². The maximum Gasteiger partial charge on any atom is 0.449 e. The van der Waals surface area contributed by atoms with Gasteiger partial charge in [0.05, 0.1) is 0 Å². The van der Waals surface area contributed by atoms with E-state index in [1.54, 1.807) is 0 Å². The molecule has 1 rings (SSSR count). The maximum absolute atomic E-state index is 14.8. The standard InChI is InChI=1S/C15H15F13O4/c1-4-8(3,14(23,24)25)7(29)32-9(5-2)10(16,17)6(11(18,19)20)31-13(30,12(9,21)22)15(26,27)28/h6,30H,4-5H2,1-3H3. The zero-order chi connectivity index (χ0) is 26.0. The average molecular weight is 506 g/mol. The maximum atomic E-state index is 14.8. The second kappa shape index (κ2) is 7.50. The predicted octanol–water partition coefficient (Wildman–Crippen LogP) is 5.14. The minimum absolute atomic E-state index is 0.0501. The number of hydrogen-bond donors (Lipinski definition) is 1. The highest BCUT2D eigenvalue weighted by Crippen LogP contribution is 2.63. The van der Waals surface area contributed by atoms with Crippen LogP contribution in [0.3, 0.4) is 0 Å². The molecule has 0 aromatic carbocycles. The molecule has 4 unspecified atom stereocenters. The van der Waals surface area contributed by atoms with E-state index >= 15 is 0 Å². The molecule has 1 aliphatic rings. The van der Waals surface area contributed by atoms with Crippen LogP contribution in [0.2, 0.25) is 0 Å². The van der Waals surface area contributed by atoms with Gasteiger partial charge in [0.25, 0.3) is 0 Å². The van der Waals surface area contributed by atoms with Crippen LogP contribution < -0.4 is 0 Å². The third-order valence-electron chi connectivity index (χ3n) is 5.32. The number of halogens is 13. The monoisotopic (exact) mass is 506 g/mol. The zero-order valence-corrected chi connectivity index (χ0v) is 16.1. The van der Waals surface area contributed by atoms with Crippen molar-refractivity contribution in [2.45, 2.75) is 81.5 Å². The molecule has 0 radical (unpaired) electrons. The lowest BCUT2D eigenvalue weighted by Gasteiger charge is -2.56. The molecule has 0 spiro atoms. The fraction of sp³-hybridized carbons (Fsp3) is 0.933. The zero-order valence-electron chi connectivity index (χ0n) is 16.1. The van der Waals surface area contributed by atoms with Crippen LogP contribution >= 0.6 is 0 Å². The van der Waals surface area contributed by atoms with Crippen molar-refractivity contribution >= 4 is 5.97 Å². The van der Waals surface area contributed by atoms with Crippen molar-refractivity contribution in [1.82, 2.24) is 0 Å². The largest absolute Gasteiger partial charge is 0.449 e. The Bertz CT molecular complexity index is 728. The Morgan fingerprint density at radius 2 is 1.41 bits per heavy atom. The molecule has 32 heavy (non-hydrogen) atoms. The Hall–Kier alpha value is -1.52. The minimum Gasteiger partial charge on any atom is -0.445 e. The van der Waals surface area contributed by atoms with Gasteiger partial charge in [-0.3, -0.25) is 4.79 Å². The molecule has 1 fully saturated rings. The van der Waals surface area contributed by atoms with Gasteiger partial charge in [0.2, 0.25) is 11.7 Å². The quantitative estimate of drug-likeness (QED) is 0.424. The third-order valence-corrected chi connectivity index (χ3v) is 5.32. The first-order valence-corrected chi connectivity index (χ1v) is 8.43. The third kappa shape index (κ3) is 3.58. The summed E-state index contributed by atoms with van der Waals surface area (Å²) in [5, 5.41) is 9.36. The molecular weight excluding hydrogens is 491 g/mol. The van der Waals surface area contributed by atoms with Crippen LogP contribution in [-0.2, 0) is 14.3 Å². The normalized spacial score (nSPS) is 32.8. The van der Waals surface area contributed by atoms with Crippen LogP contribution in [0.4, 0.5) is 57.1 Å². The van der Waals surface area contributed by atoms with Gasteiger partial charge in [-0.1, -0.05) is 13.8 Å². The smallest absolute Gasteiger partial charge is 0.445 e. The molecule has 0 amide bonds. The summed E-state index contributed by atoms with van der Waals surface area (Å²) in [5.74, 6) is -22.2. The summed E-state index contributed by atoms with van der Waals surface area (Å²) in [4.78, 5) is 12.1. The first kappa shape index (κ1) is 28.5. The summed E-state index contributed by atoms with van der Waals surface area (Å²) < 4.78 is 184. The lowest BCUT2D eigenvalue weighted by atomic mass is 9.74. The van der Waals surface area contributed by atoms with Gasteiger partial charge in [0.1, 0.15) is 0 Å². The molecule has 0 aliphatic carbocycles. The van der Waals surface area contributed by atoms with E-state index in [1.807, 2.05) is 0 Å². The van der Waals surface area contributed by atoms with Crippen LogP contribution in [0.25, 0.3) is 0 Å². The number of aliphatic hydroxyl groups is 1. The van der Waals surface area contributed by atoms with E-state index in [-0.39, 0.29) is 13.8 Å². The highest BCUT2D eigenvalue weighted by molar-refractivity contribution is 5.78. The molecule has 0 bridgehead atoms. The van der Waals surface area contributed by atoms with Crippen LogP contribution in [0, 0.1) is 5.41 Å². The fourth-order valence-corrected chi connectivity index (χ4v) is 2.92. The molecule has 1 saturated heterocycles. The van der Waals surface area contributed by atoms with Gasteiger partial charge < -0.3 is 14.6 Å². The van der Waals surface area contributed by atoms with Gasteiger partial charge >= 0.3 is 42.1 Å². The second-order valence-corrected chi connectivity index (χ2v) is 7.13. The van der Waals surface area contributed by atoms with Gasteiger partial charge in [-0.25, -0.2) is 0 Å². The molecule has 0 aromatic heterocycles. The molecule has 1 aliphatic heterocycles. The molecular formula is C15H15F13O4. The molecule has 4 atom stereocenters. The highest BCUT2D eigenvalue weighted by atomic mass is 19.4. The van der Waals surface area contributed by atoms with Crippen LogP contribution in [-0.4, -0.2) is 58.9 Å². The SMILES string of the molecule is CCC(C)(C(=O)OC1(CC)C(F)(F)C(C(F)(F)F)OC(O)(C(F)(F)F)C1(F)F)C(F)(F)F.